The number of ether oxygens (including phenoxy) is 1. The molecule has 2 aromatic rings. The molecule has 0 spiro atoms. The molecule has 0 amide bonds. The molecule has 3 nitrogen and oxygen atoms in total. The molecule has 0 saturated carbocycles. The molecule has 0 aliphatic carbocycles. The fourth-order valence-electron chi connectivity index (χ4n) is 1.86. The second-order valence-electron chi connectivity index (χ2n) is 4.32. The van der Waals surface area contributed by atoms with Crippen LogP contribution in [0.5, 0.6) is 5.75 Å². The van der Waals surface area contributed by atoms with Crippen molar-refractivity contribution in [2.24, 2.45) is 0 Å². The topological polar surface area (TPSA) is 52.3 Å². The molecule has 3 heteroatoms. The molecule has 0 aromatic heterocycles. The molecule has 2 aromatic carbocycles. The average Bonchev–Trinajstić information content (AvgIpc) is 2.45. The van der Waals surface area contributed by atoms with Crippen LogP contribution in [0.15, 0.2) is 54.6 Å². The van der Waals surface area contributed by atoms with Crippen molar-refractivity contribution < 1.29 is 9.53 Å². The highest BCUT2D eigenvalue weighted by Crippen LogP contribution is 2.19. The first-order chi connectivity index (χ1) is 9.20. The minimum atomic E-state index is -0.482. The van der Waals surface area contributed by atoms with Crippen LogP contribution in [0.1, 0.15) is 23.7 Å². The summed E-state index contributed by atoms with van der Waals surface area (Å²) in [4.78, 5) is 12.3. The van der Waals surface area contributed by atoms with E-state index in [0.717, 1.165) is 0 Å². The normalized spacial score (nSPS) is 11.8. The minimum Gasteiger partial charge on any atom is -0.482 e. The lowest BCUT2D eigenvalue weighted by Crippen LogP contribution is -2.26. The van der Waals surface area contributed by atoms with Gasteiger partial charge in [-0.05, 0) is 18.6 Å². The molecule has 0 aliphatic rings. The summed E-state index contributed by atoms with van der Waals surface area (Å²) < 4.78 is 5.73. The second kappa shape index (κ2) is 6.05. The summed E-state index contributed by atoms with van der Waals surface area (Å²) in [5.74, 6) is 0.613. The Balaban J connectivity index is 2.15. The average molecular weight is 255 g/mol. The predicted octanol–water partition coefficient (Wildman–Crippen LogP) is 3.31. The van der Waals surface area contributed by atoms with E-state index in [4.69, 9.17) is 10.5 Å². The van der Waals surface area contributed by atoms with E-state index in [-0.39, 0.29) is 5.78 Å². The summed E-state index contributed by atoms with van der Waals surface area (Å²) in [6, 6.07) is 16.3. The number of rotatable bonds is 5. The molecule has 0 aliphatic heterocycles. The molecule has 0 bridgehead atoms. The Morgan fingerprint density at radius 1 is 1.16 bits per heavy atom. The SMILES string of the molecule is CCC(Oc1cccc(N)c1)C(=O)c1ccccc1. The van der Waals surface area contributed by atoms with Crippen LogP contribution < -0.4 is 10.5 Å². The van der Waals surface area contributed by atoms with Crippen molar-refractivity contribution in [3.05, 3.63) is 60.2 Å². The molecule has 0 fully saturated rings. The van der Waals surface area contributed by atoms with Gasteiger partial charge in [-0.25, -0.2) is 0 Å². The van der Waals surface area contributed by atoms with Gasteiger partial charge in [0, 0.05) is 17.3 Å². The Bertz CT molecular complexity index is 552. The first-order valence-corrected chi connectivity index (χ1v) is 6.32. The van der Waals surface area contributed by atoms with Gasteiger partial charge in [0.1, 0.15) is 5.75 Å². The maximum absolute atomic E-state index is 12.3. The third-order valence-corrected chi connectivity index (χ3v) is 2.86. The zero-order chi connectivity index (χ0) is 13.7. The van der Waals surface area contributed by atoms with Crippen molar-refractivity contribution >= 4 is 11.5 Å². The van der Waals surface area contributed by atoms with E-state index in [0.29, 0.717) is 23.4 Å². The lowest BCUT2D eigenvalue weighted by Gasteiger charge is -2.16. The molecule has 0 saturated heterocycles. The first kappa shape index (κ1) is 13.1. The standard InChI is InChI=1S/C16H17NO2/c1-2-15(16(18)12-7-4-3-5-8-12)19-14-10-6-9-13(17)11-14/h3-11,15H,2,17H2,1H3. The number of hydrogen-bond donors (Lipinski definition) is 1. The summed E-state index contributed by atoms with van der Waals surface area (Å²) in [6.07, 6.45) is 0.131. The monoisotopic (exact) mass is 255 g/mol. The lowest BCUT2D eigenvalue weighted by atomic mass is 10.0. The third-order valence-electron chi connectivity index (χ3n) is 2.86. The van der Waals surface area contributed by atoms with Crippen LogP contribution in [0.2, 0.25) is 0 Å². The molecule has 2 rings (SSSR count). The molecule has 0 radical (unpaired) electrons. The van der Waals surface area contributed by atoms with Crippen molar-refractivity contribution in [3.63, 3.8) is 0 Å². The Morgan fingerprint density at radius 2 is 1.89 bits per heavy atom. The van der Waals surface area contributed by atoms with Gasteiger partial charge < -0.3 is 10.5 Å². The summed E-state index contributed by atoms with van der Waals surface area (Å²) in [5.41, 5.74) is 6.99. The van der Waals surface area contributed by atoms with Gasteiger partial charge in [0.15, 0.2) is 6.10 Å². The van der Waals surface area contributed by atoms with Gasteiger partial charge in [-0.2, -0.15) is 0 Å². The summed E-state index contributed by atoms with van der Waals surface area (Å²) in [5, 5.41) is 0. The van der Waals surface area contributed by atoms with Crippen molar-refractivity contribution in [1.82, 2.24) is 0 Å². The van der Waals surface area contributed by atoms with E-state index in [1.54, 1.807) is 30.3 Å². The summed E-state index contributed by atoms with van der Waals surface area (Å²) in [6.45, 7) is 1.93. The van der Waals surface area contributed by atoms with Crippen LogP contribution in [0.3, 0.4) is 0 Å². The number of carbonyl (C=O) groups excluding carboxylic acids is 1. The van der Waals surface area contributed by atoms with E-state index in [1.165, 1.54) is 0 Å². The summed E-state index contributed by atoms with van der Waals surface area (Å²) in [7, 11) is 0. The van der Waals surface area contributed by atoms with Gasteiger partial charge in [0.25, 0.3) is 0 Å². The minimum absolute atomic E-state index is 0.00877. The molecule has 19 heavy (non-hydrogen) atoms. The van der Waals surface area contributed by atoms with E-state index in [1.807, 2.05) is 31.2 Å². The zero-order valence-electron chi connectivity index (χ0n) is 10.9. The zero-order valence-corrected chi connectivity index (χ0v) is 10.9. The van der Waals surface area contributed by atoms with Gasteiger partial charge in [-0.1, -0.05) is 43.3 Å². The Morgan fingerprint density at radius 3 is 2.53 bits per heavy atom. The molecule has 2 N–H and O–H groups in total. The fourth-order valence-corrected chi connectivity index (χ4v) is 1.86. The molecule has 1 unspecified atom stereocenters. The van der Waals surface area contributed by atoms with Crippen LogP contribution in [0.25, 0.3) is 0 Å². The molecular weight excluding hydrogens is 238 g/mol. The molecule has 0 heterocycles. The maximum atomic E-state index is 12.3. The van der Waals surface area contributed by atoms with E-state index in [9.17, 15) is 4.79 Å². The number of Topliss-reactive ketones (excluding diaryl/α,β-unsaturated/α-hetero) is 1. The Hall–Kier alpha value is -2.29. The van der Waals surface area contributed by atoms with Crippen LogP contribution in [-0.2, 0) is 0 Å². The molecule has 98 valence electrons. The van der Waals surface area contributed by atoms with Crippen LogP contribution >= 0.6 is 0 Å². The molecular formula is C16H17NO2. The highest BCUT2D eigenvalue weighted by atomic mass is 16.5. The van der Waals surface area contributed by atoms with Gasteiger partial charge in [-0.15, -0.1) is 0 Å². The predicted molar refractivity (Wildman–Crippen MR) is 76.3 cm³/mol. The fraction of sp³-hybridized carbons (Fsp3) is 0.188. The Labute approximate surface area is 113 Å². The van der Waals surface area contributed by atoms with Crippen molar-refractivity contribution in [1.29, 1.82) is 0 Å². The number of nitrogens with two attached hydrogens (primary N) is 1. The van der Waals surface area contributed by atoms with Crippen LogP contribution in [0, 0.1) is 0 Å². The Kier molecular flexibility index (Phi) is 4.18. The number of anilines is 1. The van der Waals surface area contributed by atoms with Crippen LogP contribution in [-0.4, -0.2) is 11.9 Å². The number of hydrogen-bond acceptors (Lipinski definition) is 3. The second-order valence-corrected chi connectivity index (χ2v) is 4.32. The lowest BCUT2D eigenvalue weighted by molar-refractivity contribution is 0.0786. The molecule has 1 atom stereocenters. The van der Waals surface area contributed by atoms with Crippen LogP contribution in [0.4, 0.5) is 5.69 Å². The van der Waals surface area contributed by atoms with E-state index in [2.05, 4.69) is 0 Å². The van der Waals surface area contributed by atoms with Gasteiger partial charge >= 0.3 is 0 Å². The van der Waals surface area contributed by atoms with Gasteiger partial charge in [0.2, 0.25) is 5.78 Å². The van der Waals surface area contributed by atoms with E-state index >= 15 is 0 Å². The number of ketones is 1. The summed E-state index contributed by atoms with van der Waals surface area (Å²) >= 11 is 0. The van der Waals surface area contributed by atoms with Gasteiger partial charge in [-0.3, -0.25) is 4.79 Å². The number of carbonyl (C=O) groups is 1. The smallest absolute Gasteiger partial charge is 0.203 e. The van der Waals surface area contributed by atoms with Crippen molar-refractivity contribution in [2.75, 3.05) is 5.73 Å². The van der Waals surface area contributed by atoms with Crippen molar-refractivity contribution in [3.8, 4) is 5.75 Å². The van der Waals surface area contributed by atoms with Gasteiger partial charge in [0.05, 0.1) is 0 Å². The largest absolute Gasteiger partial charge is 0.482 e. The number of benzene rings is 2. The maximum Gasteiger partial charge on any atom is 0.203 e. The van der Waals surface area contributed by atoms with E-state index < -0.39 is 6.10 Å². The first-order valence-electron chi connectivity index (χ1n) is 6.32. The third kappa shape index (κ3) is 3.35. The quantitative estimate of drug-likeness (QED) is 0.658. The van der Waals surface area contributed by atoms with Crippen molar-refractivity contribution in [2.45, 2.75) is 19.4 Å². The highest BCUT2D eigenvalue weighted by molar-refractivity contribution is 5.99. The highest BCUT2D eigenvalue weighted by Gasteiger charge is 2.19. The number of nitrogen functional groups attached to an aromatic ring is 1.